The fourth-order valence-corrected chi connectivity index (χ4v) is 3.92. The average molecular weight is 398 g/mol. The molecule has 1 aromatic heterocycles. The number of halogens is 3. The van der Waals surface area contributed by atoms with E-state index in [4.69, 9.17) is 0 Å². The van der Waals surface area contributed by atoms with E-state index in [-0.39, 0.29) is 11.5 Å². The monoisotopic (exact) mass is 398 g/mol. The van der Waals surface area contributed by atoms with Crippen LogP contribution in [0.25, 0.3) is 10.6 Å². The van der Waals surface area contributed by atoms with E-state index in [2.05, 4.69) is 14.9 Å². The van der Waals surface area contributed by atoms with Gasteiger partial charge >= 0.3 is 6.36 Å². The van der Waals surface area contributed by atoms with Crippen LogP contribution in [0.4, 0.5) is 13.2 Å². The first-order valence-corrected chi connectivity index (χ1v) is 9.21. The van der Waals surface area contributed by atoms with E-state index < -0.39 is 6.36 Å². The van der Waals surface area contributed by atoms with Gasteiger partial charge in [0.1, 0.15) is 21.5 Å². The molecule has 26 heavy (non-hydrogen) atoms. The van der Waals surface area contributed by atoms with Gasteiger partial charge in [-0.3, -0.25) is 0 Å². The van der Waals surface area contributed by atoms with Crippen molar-refractivity contribution in [3.63, 3.8) is 0 Å². The molecule has 9 heteroatoms. The Labute approximate surface area is 155 Å². The van der Waals surface area contributed by atoms with Crippen LogP contribution >= 0.6 is 23.1 Å². The highest BCUT2D eigenvalue weighted by molar-refractivity contribution is 7.98. The number of hydrogen-bond acceptors (Lipinski definition) is 6. The lowest BCUT2D eigenvalue weighted by Crippen LogP contribution is -2.16. The average Bonchev–Trinajstić information content (AvgIpc) is 3.04. The van der Waals surface area contributed by atoms with Gasteiger partial charge in [-0.05, 0) is 55.0 Å². The molecule has 2 aromatic carbocycles. The number of alkyl halides is 3. The molecular weight excluding hydrogens is 385 g/mol. The summed E-state index contributed by atoms with van der Waals surface area (Å²) in [7, 11) is 0. The molecule has 4 nitrogen and oxygen atoms in total. The van der Waals surface area contributed by atoms with Crippen molar-refractivity contribution in [3.05, 3.63) is 53.0 Å². The first kappa shape index (κ1) is 18.5. The number of rotatable bonds is 5. The summed E-state index contributed by atoms with van der Waals surface area (Å²) in [5.74, 6) is 0.590. The highest BCUT2D eigenvalue weighted by Gasteiger charge is 2.31. The highest BCUT2D eigenvalue weighted by Crippen LogP contribution is 2.31. The summed E-state index contributed by atoms with van der Waals surface area (Å²) in [4.78, 5) is 1.01. The van der Waals surface area contributed by atoms with Gasteiger partial charge in [-0.1, -0.05) is 11.3 Å². The second-order valence-electron chi connectivity index (χ2n) is 5.31. The summed E-state index contributed by atoms with van der Waals surface area (Å²) in [6.45, 7) is 1.83. The lowest BCUT2D eigenvalue weighted by Gasteiger charge is -2.08. The van der Waals surface area contributed by atoms with Gasteiger partial charge in [0.05, 0.1) is 5.75 Å². The van der Waals surface area contributed by atoms with Crippen molar-refractivity contribution >= 4 is 23.1 Å². The lowest BCUT2D eigenvalue weighted by atomic mass is 10.2. The Bertz CT molecular complexity index is 896. The number of ether oxygens (including phenoxy) is 1. The van der Waals surface area contributed by atoms with Gasteiger partial charge in [-0.15, -0.1) is 35.1 Å². The molecule has 0 radical (unpaired) electrons. The van der Waals surface area contributed by atoms with Crippen LogP contribution in [-0.2, 0) is 5.75 Å². The molecule has 3 aromatic rings. The molecule has 0 saturated carbocycles. The second-order valence-corrected chi connectivity index (χ2v) is 7.42. The number of thioether (sulfide) groups is 1. The Kier molecular flexibility index (Phi) is 5.38. The summed E-state index contributed by atoms with van der Waals surface area (Å²) in [6.07, 6.45) is -4.71. The molecule has 0 amide bonds. The van der Waals surface area contributed by atoms with Gasteiger partial charge in [-0.2, -0.15) is 0 Å². The number of hydrogen-bond donors (Lipinski definition) is 1. The van der Waals surface area contributed by atoms with Crippen molar-refractivity contribution in [2.75, 3.05) is 0 Å². The van der Waals surface area contributed by atoms with Crippen LogP contribution in [0, 0.1) is 6.92 Å². The molecule has 136 valence electrons. The maximum absolute atomic E-state index is 12.2. The Morgan fingerprint density at radius 1 is 1.12 bits per heavy atom. The minimum absolute atomic E-state index is 0.255. The second kappa shape index (κ2) is 7.55. The third-order valence-electron chi connectivity index (χ3n) is 3.33. The van der Waals surface area contributed by atoms with Crippen LogP contribution in [-0.4, -0.2) is 21.7 Å². The minimum atomic E-state index is -4.71. The molecule has 0 aliphatic rings. The summed E-state index contributed by atoms with van der Waals surface area (Å²) in [6, 6.07) is 10.9. The van der Waals surface area contributed by atoms with Gasteiger partial charge in [0, 0.05) is 10.5 Å². The quantitative estimate of drug-likeness (QED) is 0.583. The van der Waals surface area contributed by atoms with Gasteiger partial charge in [0.25, 0.3) is 0 Å². The van der Waals surface area contributed by atoms with Crippen LogP contribution in [0.5, 0.6) is 11.5 Å². The van der Waals surface area contributed by atoms with Crippen molar-refractivity contribution < 1.29 is 23.0 Å². The van der Waals surface area contributed by atoms with E-state index in [9.17, 15) is 18.3 Å². The van der Waals surface area contributed by atoms with Crippen molar-refractivity contribution in [3.8, 4) is 22.1 Å². The van der Waals surface area contributed by atoms with E-state index in [0.717, 1.165) is 15.5 Å². The largest absolute Gasteiger partial charge is 0.573 e. The SMILES string of the molecule is Cc1cc(SCc2nnc(-c3ccc(OC(F)(F)F)cc3)s2)ccc1O. The number of aromatic hydroxyl groups is 1. The molecule has 0 saturated heterocycles. The summed E-state index contributed by atoms with van der Waals surface area (Å²) >= 11 is 2.94. The number of aryl methyl sites for hydroxylation is 1. The molecule has 0 bridgehead atoms. The van der Waals surface area contributed by atoms with Crippen LogP contribution in [0.2, 0.25) is 0 Å². The Morgan fingerprint density at radius 2 is 1.85 bits per heavy atom. The maximum Gasteiger partial charge on any atom is 0.573 e. The molecule has 1 heterocycles. The third kappa shape index (κ3) is 4.89. The number of nitrogens with zero attached hydrogens (tertiary/aromatic N) is 2. The lowest BCUT2D eigenvalue weighted by molar-refractivity contribution is -0.274. The standard InChI is InChI=1S/C17H13F3N2O2S2/c1-10-8-13(6-7-14(10)23)25-9-15-21-22-16(26-15)11-2-4-12(5-3-11)24-17(18,19)20/h2-8,23H,9H2,1H3. The molecule has 1 N–H and O–H groups in total. The number of phenolic OH excluding ortho intramolecular Hbond substituents is 1. The van der Waals surface area contributed by atoms with E-state index in [1.54, 1.807) is 17.8 Å². The van der Waals surface area contributed by atoms with Crippen molar-refractivity contribution in [1.29, 1.82) is 0 Å². The van der Waals surface area contributed by atoms with Gasteiger partial charge < -0.3 is 9.84 Å². The Morgan fingerprint density at radius 3 is 2.50 bits per heavy atom. The fourth-order valence-electron chi connectivity index (χ4n) is 2.09. The maximum atomic E-state index is 12.2. The van der Waals surface area contributed by atoms with E-state index >= 15 is 0 Å². The van der Waals surface area contributed by atoms with Crippen molar-refractivity contribution in [1.82, 2.24) is 10.2 Å². The van der Waals surface area contributed by atoms with Gasteiger partial charge in [0.2, 0.25) is 0 Å². The zero-order valence-electron chi connectivity index (χ0n) is 13.4. The normalized spacial score (nSPS) is 11.5. The third-order valence-corrected chi connectivity index (χ3v) is 5.49. The number of benzene rings is 2. The topological polar surface area (TPSA) is 55.2 Å². The summed E-state index contributed by atoms with van der Waals surface area (Å²) in [5, 5.41) is 19.2. The molecule has 0 fully saturated rings. The molecule has 0 aliphatic heterocycles. The Balaban J connectivity index is 1.64. The van der Waals surface area contributed by atoms with Crippen LogP contribution in [0.1, 0.15) is 10.6 Å². The van der Waals surface area contributed by atoms with Crippen LogP contribution in [0.15, 0.2) is 47.4 Å². The first-order chi connectivity index (χ1) is 12.3. The smallest absolute Gasteiger partial charge is 0.508 e. The van der Waals surface area contributed by atoms with Crippen LogP contribution in [0.3, 0.4) is 0 Å². The molecule has 3 rings (SSSR count). The predicted molar refractivity (Wildman–Crippen MR) is 94.4 cm³/mol. The van der Waals surface area contributed by atoms with Crippen LogP contribution < -0.4 is 4.74 Å². The Hall–Kier alpha value is -2.26. The number of phenols is 1. The van der Waals surface area contributed by atoms with E-state index in [1.807, 2.05) is 19.1 Å². The minimum Gasteiger partial charge on any atom is -0.508 e. The van der Waals surface area contributed by atoms with Crippen molar-refractivity contribution in [2.45, 2.75) is 23.9 Å². The van der Waals surface area contributed by atoms with E-state index in [0.29, 0.717) is 16.3 Å². The predicted octanol–water partition coefficient (Wildman–Crippen LogP) is 5.41. The summed E-state index contributed by atoms with van der Waals surface area (Å²) < 4.78 is 40.4. The molecular formula is C17H13F3N2O2S2. The van der Waals surface area contributed by atoms with Gasteiger partial charge in [-0.25, -0.2) is 0 Å². The fraction of sp³-hybridized carbons (Fsp3) is 0.176. The highest BCUT2D eigenvalue weighted by atomic mass is 32.2. The van der Waals surface area contributed by atoms with Gasteiger partial charge in [0.15, 0.2) is 0 Å². The van der Waals surface area contributed by atoms with Crippen molar-refractivity contribution in [2.24, 2.45) is 0 Å². The molecule has 0 spiro atoms. The number of aromatic nitrogens is 2. The molecule has 0 atom stereocenters. The zero-order valence-corrected chi connectivity index (χ0v) is 15.1. The summed E-state index contributed by atoms with van der Waals surface area (Å²) in [5.41, 5.74) is 1.47. The molecule has 0 aliphatic carbocycles. The first-order valence-electron chi connectivity index (χ1n) is 7.41. The molecule has 0 unspecified atom stereocenters. The van der Waals surface area contributed by atoms with E-state index in [1.165, 1.54) is 35.6 Å². The zero-order chi connectivity index (χ0) is 18.7.